The van der Waals surface area contributed by atoms with Crippen molar-refractivity contribution < 1.29 is 4.79 Å². The number of halogens is 2. The van der Waals surface area contributed by atoms with E-state index < -0.39 is 0 Å². The third-order valence-corrected chi connectivity index (χ3v) is 6.21. The molecule has 1 aliphatic heterocycles. The minimum Gasteiger partial charge on any atom is -0.343 e. The molecule has 1 N–H and O–H groups in total. The topological polar surface area (TPSA) is 32.3 Å². The predicted octanol–water partition coefficient (Wildman–Crippen LogP) is 4.20. The molecule has 1 aromatic carbocycles. The first kappa shape index (κ1) is 20.8. The fourth-order valence-electron chi connectivity index (χ4n) is 2.79. The van der Waals surface area contributed by atoms with Crippen molar-refractivity contribution in [2.24, 2.45) is 5.92 Å². The zero-order valence-electron chi connectivity index (χ0n) is 13.6. The summed E-state index contributed by atoms with van der Waals surface area (Å²) in [5.41, 5.74) is 0. The Hall–Kier alpha value is -0.230. The molecule has 1 saturated heterocycles. The van der Waals surface area contributed by atoms with Crippen molar-refractivity contribution in [3.63, 3.8) is 0 Å². The number of carbonyl (C=O) groups excluding carboxylic acids is 1. The van der Waals surface area contributed by atoms with Gasteiger partial charge in [0.2, 0.25) is 5.91 Å². The molecule has 0 aliphatic carbocycles. The summed E-state index contributed by atoms with van der Waals surface area (Å²) in [6, 6.07) is 8.18. The molecular formula is C17H26BrClN2OS. The zero-order chi connectivity index (χ0) is 15.8. The highest BCUT2D eigenvalue weighted by Crippen LogP contribution is 2.28. The second kappa shape index (κ2) is 11.3. The molecule has 0 spiro atoms. The Kier molecular flexibility index (Phi) is 10.3. The number of carbonyl (C=O) groups is 1. The van der Waals surface area contributed by atoms with Crippen LogP contribution in [0.3, 0.4) is 0 Å². The van der Waals surface area contributed by atoms with Gasteiger partial charge in [-0.1, -0.05) is 12.1 Å². The molecule has 0 atom stereocenters. The smallest absolute Gasteiger partial charge is 0.223 e. The number of hydrogen-bond donors (Lipinski definition) is 1. The number of piperidine rings is 1. The summed E-state index contributed by atoms with van der Waals surface area (Å²) >= 11 is 5.29. The average molecular weight is 422 g/mol. The Morgan fingerprint density at radius 1 is 1.35 bits per heavy atom. The molecule has 1 aromatic rings. The van der Waals surface area contributed by atoms with Crippen LogP contribution in [0.1, 0.15) is 25.7 Å². The second-order valence-corrected chi connectivity index (χ2v) is 7.74. The summed E-state index contributed by atoms with van der Waals surface area (Å²) < 4.78 is 1.11. The van der Waals surface area contributed by atoms with Gasteiger partial charge in [-0.2, -0.15) is 0 Å². The number of likely N-dealkylation sites (tertiary alicyclic amines) is 1. The van der Waals surface area contributed by atoms with E-state index in [0.29, 0.717) is 12.3 Å². The van der Waals surface area contributed by atoms with Crippen molar-refractivity contribution in [1.82, 2.24) is 10.2 Å². The summed E-state index contributed by atoms with van der Waals surface area (Å²) in [7, 11) is 2.00. The number of nitrogens with one attached hydrogen (secondary N) is 1. The SMILES string of the molecule is CNCCC1CCN(C(=O)CCSc2ccccc2Br)CC1.Cl. The van der Waals surface area contributed by atoms with E-state index in [-0.39, 0.29) is 12.4 Å². The number of thioether (sulfide) groups is 1. The third kappa shape index (κ3) is 7.04. The second-order valence-electron chi connectivity index (χ2n) is 5.75. The summed E-state index contributed by atoms with van der Waals surface area (Å²) in [4.78, 5) is 15.5. The van der Waals surface area contributed by atoms with Crippen LogP contribution in [0.2, 0.25) is 0 Å². The van der Waals surface area contributed by atoms with Gasteiger partial charge in [-0.05, 0) is 66.8 Å². The van der Waals surface area contributed by atoms with E-state index in [9.17, 15) is 4.79 Å². The molecule has 0 bridgehead atoms. The largest absolute Gasteiger partial charge is 0.343 e. The van der Waals surface area contributed by atoms with E-state index in [1.165, 1.54) is 11.3 Å². The first-order valence-corrected chi connectivity index (χ1v) is 9.78. The molecule has 1 aliphatic rings. The van der Waals surface area contributed by atoms with Gasteiger partial charge in [0.25, 0.3) is 0 Å². The molecule has 1 fully saturated rings. The molecule has 2 rings (SSSR count). The lowest BCUT2D eigenvalue weighted by Gasteiger charge is -2.32. The summed E-state index contributed by atoms with van der Waals surface area (Å²) in [5, 5.41) is 3.21. The Bertz CT molecular complexity index is 481. The van der Waals surface area contributed by atoms with Gasteiger partial charge in [0.15, 0.2) is 0 Å². The Labute approximate surface area is 158 Å². The molecule has 6 heteroatoms. The van der Waals surface area contributed by atoms with Gasteiger partial charge < -0.3 is 10.2 Å². The standard InChI is InChI=1S/C17H25BrN2OS.ClH/c1-19-10-6-14-7-11-20(12-8-14)17(21)9-13-22-16-5-3-2-4-15(16)18;/h2-5,14,19H,6-13H2,1H3;1H. The van der Waals surface area contributed by atoms with Gasteiger partial charge in [-0.25, -0.2) is 0 Å². The van der Waals surface area contributed by atoms with Gasteiger partial charge in [-0.3, -0.25) is 4.79 Å². The maximum atomic E-state index is 12.3. The van der Waals surface area contributed by atoms with E-state index in [1.807, 2.05) is 25.2 Å². The number of rotatable bonds is 7. The highest BCUT2D eigenvalue weighted by Gasteiger charge is 2.22. The third-order valence-electron chi connectivity index (χ3n) is 4.18. The summed E-state index contributed by atoms with van der Waals surface area (Å²) in [6.07, 6.45) is 4.18. The molecule has 1 amide bonds. The lowest BCUT2D eigenvalue weighted by molar-refractivity contribution is -0.132. The summed E-state index contributed by atoms with van der Waals surface area (Å²) in [5.74, 6) is 1.94. The number of nitrogens with zero attached hydrogens (tertiary/aromatic N) is 1. The van der Waals surface area contributed by atoms with Crippen molar-refractivity contribution in [3.05, 3.63) is 28.7 Å². The van der Waals surface area contributed by atoms with Crippen molar-refractivity contribution in [3.8, 4) is 0 Å². The first-order chi connectivity index (χ1) is 10.7. The van der Waals surface area contributed by atoms with Gasteiger partial charge in [0.1, 0.15) is 0 Å². The van der Waals surface area contributed by atoms with Crippen molar-refractivity contribution in [2.75, 3.05) is 32.4 Å². The van der Waals surface area contributed by atoms with E-state index in [1.54, 1.807) is 11.8 Å². The average Bonchev–Trinajstić information content (AvgIpc) is 2.55. The van der Waals surface area contributed by atoms with Crippen molar-refractivity contribution in [2.45, 2.75) is 30.6 Å². The van der Waals surface area contributed by atoms with Crippen LogP contribution in [0.5, 0.6) is 0 Å². The minimum atomic E-state index is 0. The maximum absolute atomic E-state index is 12.3. The van der Waals surface area contributed by atoms with E-state index >= 15 is 0 Å². The van der Waals surface area contributed by atoms with Gasteiger partial charge in [0, 0.05) is 34.6 Å². The van der Waals surface area contributed by atoms with Crippen LogP contribution < -0.4 is 5.32 Å². The highest BCUT2D eigenvalue weighted by molar-refractivity contribution is 9.10. The van der Waals surface area contributed by atoms with Crippen LogP contribution >= 0.6 is 40.1 Å². The minimum absolute atomic E-state index is 0. The molecule has 0 unspecified atom stereocenters. The van der Waals surface area contributed by atoms with Crippen LogP contribution in [0.4, 0.5) is 0 Å². The quantitative estimate of drug-likeness (QED) is 0.670. The van der Waals surface area contributed by atoms with Crippen LogP contribution in [0.25, 0.3) is 0 Å². The molecule has 1 heterocycles. The lowest BCUT2D eigenvalue weighted by atomic mass is 9.93. The van der Waals surface area contributed by atoms with E-state index in [0.717, 1.165) is 48.6 Å². The monoisotopic (exact) mass is 420 g/mol. The fourth-order valence-corrected chi connectivity index (χ4v) is 4.29. The summed E-state index contributed by atoms with van der Waals surface area (Å²) in [6.45, 7) is 2.96. The van der Waals surface area contributed by atoms with Crippen LogP contribution in [-0.4, -0.2) is 43.2 Å². The van der Waals surface area contributed by atoms with E-state index in [2.05, 4.69) is 32.2 Å². The maximum Gasteiger partial charge on any atom is 0.223 e. The fraction of sp³-hybridized carbons (Fsp3) is 0.588. The number of hydrogen-bond acceptors (Lipinski definition) is 3. The predicted molar refractivity (Wildman–Crippen MR) is 105 cm³/mol. The molecule has 3 nitrogen and oxygen atoms in total. The molecule has 0 saturated carbocycles. The van der Waals surface area contributed by atoms with Gasteiger partial charge in [-0.15, -0.1) is 24.2 Å². The van der Waals surface area contributed by atoms with Crippen LogP contribution in [-0.2, 0) is 4.79 Å². The Morgan fingerprint density at radius 2 is 2.04 bits per heavy atom. The molecule has 130 valence electrons. The van der Waals surface area contributed by atoms with Crippen molar-refractivity contribution >= 4 is 46.0 Å². The molecular weight excluding hydrogens is 396 g/mol. The van der Waals surface area contributed by atoms with Gasteiger partial charge >= 0.3 is 0 Å². The first-order valence-electron chi connectivity index (χ1n) is 8.00. The Balaban J connectivity index is 0.00000264. The van der Waals surface area contributed by atoms with Gasteiger partial charge in [0.05, 0.1) is 0 Å². The Morgan fingerprint density at radius 3 is 2.70 bits per heavy atom. The van der Waals surface area contributed by atoms with E-state index in [4.69, 9.17) is 0 Å². The number of benzene rings is 1. The van der Waals surface area contributed by atoms with Crippen molar-refractivity contribution in [1.29, 1.82) is 0 Å². The normalized spacial score (nSPS) is 15.3. The van der Waals surface area contributed by atoms with Crippen LogP contribution in [0.15, 0.2) is 33.6 Å². The number of amides is 1. The lowest BCUT2D eigenvalue weighted by Crippen LogP contribution is -2.39. The zero-order valence-corrected chi connectivity index (χ0v) is 16.8. The molecule has 23 heavy (non-hydrogen) atoms. The van der Waals surface area contributed by atoms with Crippen LogP contribution in [0, 0.1) is 5.92 Å². The highest BCUT2D eigenvalue weighted by atomic mass is 79.9. The molecule has 0 aromatic heterocycles. The molecule has 0 radical (unpaired) electrons.